The number of anilines is 4. The lowest BCUT2D eigenvalue weighted by Crippen LogP contribution is -2.40. The van der Waals surface area contributed by atoms with Crippen LogP contribution in [0.25, 0.3) is 0 Å². The van der Waals surface area contributed by atoms with Gasteiger partial charge in [-0.15, -0.1) is 4.48 Å². The molecule has 13 nitrogen and oxygen atoms in total. The van der Waals surface area contributed by atoms with Gasteiger partial charge in [0.1, 0.15) is 30.8 Å². The maximum atomic E-state index is 13.8. The summed E-state index contributed by atoms with van der Waals surface area (Å²) in [5.41, 5.74) is 2.10. The highest BCUT2D eigenvalue weighted by molar-refractivity contribution is 5.74. The second kappa shape index (κ2) is 15.7. The number of nitrogens with zero attached hydrogens (tertiary/aromatic N) is 4. The summed E-state index contributed by atoms with van der Waals surface area (Å²) >= 11 is 0. The Labute approximate surface area is 231 Å². The predicted molar refractivity (Wildman–Crippen MR) is 143 cm³/mol. The van der Waals surface area contributed by atoms with Gasteiger partial charge in [-0.25, -0.2) is 15.5 Å². The summed E-state index contributed by atoms with van der Waals surface area (Å²) in [5, 5.41) is 15.3. The normalized spacial score (nSPS) is 16.1. The van der Waals surface area contributed by atoms with E-state index in [0.717, 1.165) is 12.8 Å². The van der Waals surface area contributed by atoms with Gasteiger partial charge in [0.15, 0.2) is 17.4 Å². The Morgan fingerprint density at radius 2 is 1.88 bits per heavy atom. The van der Waals surface area contributed by atoms with E-state index >= 15 is 0 Å². The molecule has 0 atom stereocenters. The number of esters is 1. The van der Waals surface area contributed by atoms with Gasteiger partial charge in [0.05, 0.1) is 38.5 Å². The Morgan fingerprint density at radius 1 is 1.10 bits per heavy atom. The fraction of sp³-hybridized carbons (Fsp3) is 0.538. The van der Waals surface area contributed by atoms with E-state index in [4.69, 9.17) is 28.9 Å². The molecule has 2 aromatic rings. The fourth-order valence-electron chi connectivity index (χ4n) is 4.08. The van der Waals surface area contributed by atoms with Crippen molar-refractivity contribution in [2.24, 2.45) is 0 Å². The molecule has 2 aromatic heterocycles. The van der Waals surface area contributed by atoms with Crippen LogP contribution in [0.2, 0.25) is 0 Å². The van der Waals surface area contributed by atoms with Crippen molar-refractivity contribution in [1.29, 1.82) is 5.26 Å². The highest BCUT2D eigenvalue weighted by Gasteiger charge is 2.20. The summed E-state index contributed by atoms with van der Waals surface area (Å²) in [6.07, 6.45) is 2.99. The average Bonchev–Trinajstić information content (AvgIpc) is 2.99. The lowest BCUT2D eigenvalue weighted by molar-refractivity contribution is -0.147. The number of pyridine rings is 2. The molecule has 3 N–H and O–H groups in total. The molecule has 216 valence electrons. The van der Waals surface area contributed by atoms with Crippen LogP contribution in [0, 0.1) is 11.3 Å². The smallest absolute Gasteiger partial charge is 0.320 e. The molecule has 0 bridgehead atoms. The fourth-order valence-corrected chi connectivity index (χ4v) is 4.08. The number of hydrogen-bond donors (Lipinski definition) is 3. The van der Waals surface area contributed by atoms with Crippen LogP contribution in [-0.2, 0) is 23.7 Å². The topological polar surface area (TPSA) is 152 Å². The van der Waals surface area contributed by atoms with Crippen molar-refractivity contribution in [1.82, 2.24) is 14.9 Å². The Balaban J connectivity index is 1.30. The van der Waals surface area contributed by atoms with Crippen LogP contribution in [0.1, 0.15) is 18.4 Å². The molecular weight excluding hydrogens is 525 g/mol. The SMILES string of the molecule is N#Cc1ccc(Nc2nc(NC3CCOCC3)c(OCCOCCOC(=O)CN3CCOCC3)cc2NF)nc1. The zero-order valence-corrected chi connectivity index (χ0v) is 22.2. The molecule has 0 radical (unpaired) electrons. The van der Waals surface area contributed by atoms with Crippen molar-refractivity contribution in [3.8, 4) is 11.8 Å². The second-order valence-corrected chi connectivity index (χ2v) is 9.10. The number of hydrogen-bond acceptors (Lipinski definition) is 13. The maximum absolute atomic E-state index is 13.8. The number of halogens is 1. The van der Waals surface area contributed by atoms with Gasteiger partial charge < -0.3 is 34.3 Å². The first-order valence-corrected chi connectivity index (χ1v) is 13.2. The Bertz CT molecular complexity index is 1120. The van der Waals surface area contributed by atoms with Gasteiger partial charge in [-0.1, -0.05) is 0 Å². The largest absolute Gasteiger partial charge is 0.487 e. The number of carbonyl (C=O) groups excluding carboxylic acids is 1. The molecule has 4 rings (SSSR count). The molecule has 2 fully saturated rings. The number of carbonyl (C=O) groups is 1. The van der Waals surface area contributed by atoms with Crippen LogP contribution in [0.5, 0.6) is 5.75 Å². The van der Waals surface area contributed by atoms with E-state index in [1.54, 1.807) is 17.7 Å². The third kappa shape index (κ3) is 9.16. The Kier molecular flexibility index (Phi) is 11.5. The molecule has 2 aliphatic rings. The Hall–Kier alpha value is -3.77. The summed E-state index contributed by atoms with van der Waals surface area (Å²) in [6, 6.07) is 6.81. The third-order valence-corrected chi connectivity index (χ3v) is 6.22. The number of nitrogens with one attached hydrogen (secondary N) is 3. The van der Waals surface area contributed by atoms with E-state index in [-0.39, 0.29) is 56.5 Å². The lowest BCUT2D eigenvalue weighted by Gasteiger charge is -2.25. The zero-order valence-electron chi connectivity index (χ0n) is 22.2. The lowest BCUT2D eigenvalue weighted by atomic mass is 10.1. The molecule has 0 spiro atoms. The monoisotopic (exact) mass is 559 g/mol. The van der Waals surface area contributed by atoms with Crippen molar-refractivity contribution in [3.05, 3.63) is 30.0 Å². The first-order chi connectivity index (χ1) is 19.6. The van der Waals surface area contributed by atoms with Crippen molar-refractivity contribution in [2.45, 2.75) is 18.9 Å². The van der Waals surface area contributed by atoms with Crippen molar-refractivity contribution >= 4 is 29.1 Å². The predicted octanol–water partition coefficient (Wildman–Crippen LogP) is 2.25. The van der Waals surface area contributed by atoms with Gasteiger partial charge in [-0.05, 0) is 25.0 Å². The summed E-state index contributed by atoms with van der Waals surface area (Å²) in [7, 11) is 0. The number of morpholine rings is 1. The number of rotatable bonds is 14. The van der Waals surface area contributed by atoms with Crippen molar-refractivity contribution in [2.75, 3.05) is 88.7 Å². The minimum atomic E-state index is -0.298. The number of ether oxygens (including phenoxy) is 5. The van der Waals surface area contributed by atoms with E-state index in [1.165, 1.54) is 12.3 Å². The van der Waals surface area contributed by atoms with Gasteiger partial charge >= 0.3 is 5.97 Å². The maximum Gasteiger partial charge on any atom is 0.320 e. The van der Waals surface area contributed by atoms with Gasteiger partial charge in [0.25, 0.3) is 0 Å². The van der Waals surface area contributed by atoms with Crippen LogP contribution >= 0.6 is 0 Å². The van der Waals surface area contributed by atoms with E-state index in [0.29, 0.717) is 62.5 Å². The van der Waals surface area contributed by atoms with Crippen LogP contribution in [0.3, 0.4) is 0 Å². The summed E-state index contributed by atoms with van der Waals surface area (Å²) in [4.78, 5) is 22.7. The summed E-state index contributed by atoms with van der Waals surface area (Å²) in [5.74, 6) is 1.06. The number of aromatic nitrogens is 2. The molecule has 0 amide bonds. The van der Waals surface area contributed by atoms with Crippen molar-refractivity contribution in [3.63, 3.8) is 0 Å². The third-order valence-electron chi connectivity index (χ3n) is 6.22. The van der Waals surface area contributed by atoms with E-state index in [2.05, 4.69) is 20.6 Å². The van der Waals surface area contributed by atoms with Crippen LogP contribution in [-0.4, -0.2) is 99.4 Å². The van der Waals surface area contributed by atoms with E-state index in [1.807, 2.05) is 11.0 Å². The van der Waals surface area contributed by atoms with Crippen LogP contribution < -0.4 is 20.9 Å². The second-order valence-electron chi connectivity index (χ2n) is 9.10. The van der Waals surface area contributed by atoms with Gasteiger partial charge in [0.2, 0.25) is 0 Å². The summed E-state index contributed by atoms with van der Waals surface area (Å²) in [6.45, 7) is 4.92. The molecule has 40 heavy (non-hydrogen) atoms. The highest BCUT2D eigenvalue weighted by atomic mass is 19.2. The molecular formula is C26H34FN7O6. The Morgan fingerprint density at radius 3 is 2.60 bits per heavy atom. The molecule has 2 aliphatic heterocycles. The van der Waals surface area contributed by atoms with Crippen molar-refractivity contribution < 1.29 is 33.0 Å². The molecule has 4 heterocycles. The van der Waals surface area contributed by atoms with E-state index < -0.39 is 0 Å². The first-order valence-electron chi connectivity index (χ1n) is 13.2. The standard InChI is InChI=1S/C26H34FN7O6/c27-33-21-15-22(39-13-11-38-12-14-40-24(35)18-34-5-9-37-10-6-34)26(30-20-3-7-36-8-4-20)32-25(21)31-23-2-1-19(16-28)17-29-23/h1-2,15,17,20,33H,3-14,18H2,(H2,29,30,31,32). The molecule has 2 saturated heterocycles. The zero-order chi connectivity index (χ0) is 28.0. The minimum Gasteiger partial charge on any atom is -0.487 e. The molecule has 14 heteroatoms. The molecule has 0 unspecified atom stereocenters. The van der Waals surface area contributed by atoms with Crippen LogP contribution in [0.15, 0.2) is 24.4 Å². The van der Waals surface area contributed by atoms with E-state index in [9.17, 15) is 9.28 Å². The quantitative estimate of drug-likeness (QED) is 0.176. The molecule has 0 saturated carbocycles. The average molecular weight is 560 g/mol. The highest BCUT2D eigenvalue weighted by Crippen LogP contribution is 2.34. The van der Waals surface area contributed by atoms with Crippen LogP contribution in [0.4, 0.5) is 27.6 Å². The minimum absolute atomic E-state index is 0.0479. The summed E-state index contributed by atoms with van der Waals surface area (Å²) < 4.78 is 41.1. The van der Waals surface area contributed by atoms with Gasteiger partial charge in [-0.2, -0.15) is 5.26 Å². The molecule has 0 aliphatic carbocycles. The van der Waals surface area contributed by atoms with Gasteiger partial charge in [-0.3, -0.25) is 9.69 Å². The molecule has 0 aromatic carbocycles. The van der Waals surface area contributed by atoms with Gasteiger partial charge in [0, 0.05) is 44.6 Å². The number of nitriles is 1. The first kappa shape index (κ1) is 29.2.